The Kier molecular flexibility index (Phi) is 6.21. The molecule has 0 saturated carbocycles. The molecule has 1 N–H and O–H groups in total. The number of hydrogen-bond acceptors (Lipinski definition) is 3. The van der Waals surface area contributed by atoms with Crippen molar-refractivity contribution in [2.75, 3.05) is 18.4 Å². The molecule has 1 saturated heterocycles. The number of amides is 2. The highest BCUT2D eigenvalue weighted by Gasteiger charge is 2.39. The van der Waals surface area contributed by atoms with Crippen LogP contribution in [0.15, 0.2) is 83.8 Å². The lowest BCUT2D eigenvalue weighted by molar-refractivity contribution is -0.127. The predicted octanol–water partition coefficient (Wildman–Crippen LogP) is 3.78. The number of aromatic nitrogens is 1. The minimum Gasteiger partial charge on any atom is -0.338 e. The number of nitrogens with one attached hydrogen (secondary N) is 1. The van der Waals surface area contributed by atoms with Crippen LogP contribution in [0.25, 0.3) is 0 Å². The molecule has 0 aliphatic carbocycles. The Morgan fingerprint density at radius 3 is 2.38 bits per heavy atom. The molecule has 1 aromatic heterocycles. The van der Waals surface area contributed by atoms with Crippen LogP contribution >= 0.6 is 0 Å². The van der Waals surface area contributed by atoms with E-state index in [9.17, 15) is 14.4 Å². The van der Waals surface area contributed by atoms with Gasteiger partial charge in [-0.1, -0.05) is 48.5 Å². The molecule has 4 rings (SSSR count). The van der Waals surface area contributed by atoms with Gasteiger partial charge in [0.05, 0.1) is 17.6 Å². The van der Waals surface area contributed by atoms with E-state index in [1.54, 1.807) is 33.9 Å². The van der Waals surface area contributed by atoms with Crippen LogP contribution in [0.3, 0.4) is 0 Å². The second kappa shape index (κ2) is 9.22. The van der Waals surface area contributed by atoms with Crippen molar-refractivity contribution in [2.45, 2.75) is 26.3 Å². The lowest BCUT2D eigenvalue weighted by Gasteiger charge is -2.39. The first-order chi connectivity index (χ1) is 15.4. The molecule has 0 bridgehead atoms. The van der Waals surface area contributed by atoms with E-state index in [1.165, 1.54) is 6.07 Å². The first-order valence-corrected chi connectivity index (χ1v) is 10.8. The number of likely N-dealkylation sites (tertiary alicyclic amines) is 1. The van der Waals surface area contributed by atoms with Crippen molar-refractivity contribution in [1.29, 1.82) is 0 Å². The van der Waals surface area contributed by atoms with Crippen molar-refractivity contribution < 1.29 is 9.59 Å². The zero-order valence-corrected chi connectivity index (χ0v) is 18.2. The molecular weight excluding hydrogens is 402 g/mol. The zero-order valence-electron chi connectivity index (χ0n) is 18.2. The summed E-state index contributed by atoms with van der Waals surface area (Å²) in [6.45, 7) is 3.32. The van der Waals surface area contributed by atoms with E-state index in [2.05, 4.69) is 5.32 Å². The highest BCUT2D eigenvalue weighted by atomic mass is 16.2. The van der Waals surface area contributed by atoms with Crippen LogP contribution in [0.5, 0.6) is 0 Å². The third-order valence-corrected chi connectivity index (χ3v) is 5.99. The fourth-order valence-corrected chi connectivity index (χ4v) is 4.15. The molecule has 164 valence electrons. The Morgan fingerprint density at radius 2 is 1.66 bits per heavy atom. The second-order valence-electron chi connectivity index (χ2n) is 8.58. The largest absolute Gasteiger partial charge is 0.338 e. The normalized spacial score (nSPS) is 18.2. The van der Waals surface area contributed by atoms with Crippen LogP contribution in [0.4, 0.5) is 5.69 Å². The Labute approximate surface area is 187 Å². The van der Waals surface area contributed by atoms with E-state index in [1.807, 2.05) is 55.5 Å². The molecule has 1 unspecified atom stereocenters. The molecule has 0 spiro atoms. The summed E-state index contributed by atoms with van der Waals surface area (Å²) in [6.07, 6.45) is 3.13. The summed E-state index contributed by atoms with van der Waals surface area (Å²) in [6, 6.07) is 21.9. The lowest BCUT2D eigenvalue weighted by atomic mass is 9.80. The molecule has 6 heteroatoms. The topological polar surface area (TPSA) is 71.4 Å². The number of hydrogen-bond donors (Lipinski definition) is 1. The smallest absolute Gasteiger partial charge is 0.253 e. The second-order valence-corrected chi connectivity index (χ2v) is 8.58. The van der Waals surface area contributed by atoms with Gasteiger partial charge >= 0.3 is 0 Å². The number of rotatable bonds is 5. The summed E-state index contributed by atoms with van der Waals surface area (Å²) in [7, 11) is 0. The van der Waals surface area contributed by atoms with Crippen molar-refractivity contribution >= 4 is 17.5 Å². The van der Waals surface area contributed by atoms with Crippen molar-refractivity contribution in [2.24, 2.45) is 5.41 Å². The quantitative estimate of drug-likeness (QED) is 0.671. The summed E-state index contributed by atoms with van der Waals surface area (Å²) in [5, 5.41) is 2.97. The van der Waals surface area contributed by atoms with Gasteiger partial charge in [-0.15, -0.1) is 0 Å². The van der Waals surface area contributed by atoms with Gasteiger partial charge in [0.2, 0.25) is 5.91 Å². The predicted molar refractivity (Wildman–Crippen MR) is 125 cm³/mol. The molecule has 1 aliphatic heterocycles. The average molecular weight is 430 g/mol. The SMILES string of the molecule is CC1(C(=O)Nc2ccc(=O)n(Cc3ccccc3)c2)CCCN(C(=O)c2ccccc2)C1. The fraction of sp³-hybridized carbons (Fsp3) is 0.269. The maximum absolute atomic E-state index is 13.2. The van der Waals surface area contributed by atoms with Gasteiger partial charge in [0, 0.05) is 30.9 Å². The molecule has 0 radical (unpaired) electrons. The van der Waals surface area contributed by atoms with Crippen LogP contribution in [0.2, 0.25) is 0 Å². The standard InChI is InChI=1S/C26H27N3O3/c1-26(15-8-16-28(19-26)24(31)21-11-6-3-7-12-21)25(32)27-22-13-14-23(30)29(18-22)17-20-9-4-2-5-10-20/h2-7,9-14,18H,8,15-17,19H2,1H3,(H,27,32). The summed E-state index contributed by atoms with van der Waals surface area (Å²) >= 11 is 0. The van der Waals surface area contributed by atoms with Crippen LogP contribution in [0.1, 0.15) is 35.7 Å². The van der Waals surface area contributed by atoms with Gasteiger partial charge in [-0.3, -0.25) is 14.4 Å². The highest BCUT2D eigenvalue weighted by molar-refractivity contribution is 5.97. The first kappa shape index (κ1) is 21.6. The molecule has 2 amide bonds. The molecular formula is C26H27N3O3. The molecule has 3 aromatic rings. The first-order valence-electron chi connectivity index (χ1n) is 10.8. The van der Waals surface area contributed by atoms with Gasteiger partial charge < -0.3 is 14.8 Å². The molecule has 1 atom stereocenters. The Hall–Kier alpha value is -3.67. The Bertz CT molecular complexity index is 1160. The molecule has 1 fully saturated rings. The molecule has 1 aliphatic rings. The number of carbonyl (C=O) groups excluding carboxylic acids is 2. The zero-order chi connectivity index (χ0) is 22.6. The van der Waals surface area contributed by atoms with E-state index >= 15 is 0 Å². The van der Waals surface area contributed by atoms with Crippen molar-refractivity contribution in [3.8, 4) is 0 Å². The minimum atomic E-state index is -0.705. The van der Waals surface area contributed by atoms with Gasteiger partial charge in [-0.2, -0.15) is 0 Å². The Morgan fingerprint density at radius 1 is 0.969 bits per heavy atom. The number of anilines is 1. The summed E-state index contributed by atoms with van der Waals surface area (Å²) < 4.78 is 1.58. The maximum atomic E-state index is 13.2. The molecule has 2 aromatic carbocycles. The monoisotopic (exact) mass is 429 g/mol. The summed E-state index contributed by atoms with van der Waals surface area (Å²) in [5.74, 6) is -0.200. The minimum absolute atomic E-state index is 0.0549. The van der Waals surface area contributed by atoms with Gasteiger partial charge in [0.25, 0.3) is 11.5 Å². The van der Waals surface area contributed by atoms with Crippen LogP contribution in [0, 0.1) is 5.41 Å². The third kappa shape index (κ3) is 4.80. The number of pyridine rings is 1. The number of benzene rings is 2. The van der Waals surface area contributed by atoms with Crippen molar-refractivity contribution in [3.05, 3.63) is 100 Å². The molecule has 32 heavy (non-hydrogen) atoms. The maximum Gasteiger partial charge on any atom is 0.253 e. The van der Waals surface area contributed by atoms with E-state index < -0.39 is 5.41 Å². The van der Waals surface area contributed by atoms with E-state index in [0.29, 0.717) is 37.3 Å². The van der Waals surface area contributed by atoms with Gasteiger partial charge in [-0.05, 0) is 43.5 Å². The van der Waals surface area contributed by atoms with Crippen LogP contribution in [-0.4, -0.2) is 34.4 Å². The average Bonchev–Trinajstić information content (AvgIpc) is 2.82. The molecule has 2 heterocycles. The Balaban J connectivity index is 1.47. The number of piperidine rings is 1. The van der Waals surface area contributed by atoms with Gasteiger partial charge in [0.1, 0.15) is 0 Å². The van der Waals surface area contributed by atoms with Crippen molar-refractivity contribution in [3.63, 3.8) is 0 Å². The highest BCUT2D eigenvalue weighted by Crippen LogP contribution is 2.31. The lowest BCUT2D eigenvalue weighted by Crippen LogP contribution is -2.50. The van der Waals surface area contributed by atoms with E-state index in [-0.39, 0.29) is 17.4 Å². The van der Waals surface area contributed by atoms with Crippen LogP contribution < -0.4 is 10.9 Å². The van der Waals surface area contributed by atoms with Gasteiger partial charge in [-0.25, -0.2) is 0 Å². The van der Waals surface area contributed by atoms with Crippen molar-refractivity contribution in [1.82, 2.24) is 9.47 Å². The number of nitrogens with zero attached hydrogens (tertiary/aromatic N) is 2. The van der Waals surface area contributed by atoms with Gasteiger partial charge in [0.15, 0.2) is 0 Å². The summed E-state index contributed by atoms with van der Waals surface area (Å²) in [5.41, 5.74) is 1.37. The number of carbonyl (C=O) groups is 2. The van der Waals surface area contributed by atoms with E-state index in [0.717, 1.165) is 12.0 Å². The van der Waals surface area contributed by atoms with Crippen LogP contribution in [-0.2, 0) is 11.3 Å². The van der Waals surface area contributed by atoms with E-state index in [4.69, 9.17) is 0 Å². The summed E-state index contributed by atoms with van der Waals surface area (Å²) in [4.78, 5) is 40.1. The fourth-order valence-electron chi connectivity index (χ4n) is 4.15. The third-order valence-electron chi connectivity index (χ3n) is 5.99. The molecule has 6 nitrogen and oxygen atoms in total.